The third kappa shape index (κ3) is 3.12. The topological polar surface area (TPSA) is 79.6 Å². The maximum absolute atomic E-state index is 12.6. The molecule has 0 bridgehead atoms. The Kier molecular flexibility index (Phi) is 4.53. The summed E-state index contributed by atoms with van der Waals surface area (Å²) < 4.78 is 1.46. The van der Waals surface area contributed by atoms with Crippen LogP contribution in [0.1, 0.15) is 33.3 Å². The van der Waals surface area contributed by atoms with Crippen LogP contribution in [0.15, 0.2) is 28.5 Å². The van der Waals surface area contributed by atoms with Crippen LogP contribution in [0.2, 0.25) is 0 Å². The zero-order chi connectivity index (χ0) is 17.3. The molecule has 126 valence electrons. The molecule has 6 nitrogen and oxygen atoms in total. The van der Waals surface area contributed by atoms with E-state index in [1.807, 2.05) is 17.5 Å². The number of aryl methyl sites for hydroxylation is 2. The van der Waals surface area contributed by atoms with Crippen molar-refractivity contribution in [1.82, 2.24) is 9.47 Å². The molecule has 3 heterocycles. The van der Waals surface area contributed by atoms with Gasteiger partial charge >= 0.3 is 5.97 Å². The lowest BCUT2D eigenvalue weighted by Crippen LogP contribution is -2.38. The van der Waals surface area contributed by atoms with Gasteiger partial charge in [-0.25, -0.2) is 4.79 Å². The largest absolute Gasteiger partial charge is 0.477 e. The van der Waals surface area contributed by atoms with Gasteiger partial charge in [-0.3, -0.25) is 9.59 Å². The van der Waals surface area contributed by atoms with Crippen molar-refractivity contribution in [3.63, 3.8) is 0 Å². The van der Waals surface area contributed by atoms with Gasteiger partial charge in [0, 0.05) is 37.6 Å². The van der Waals surface area contributed by atoms with Gasteiger partial charge < -0.3 is 14.6 Å². The van der Waals surface area contributed by atoms with Crippen LogP contribution < -0.4 is 5.56 Å². The van der Waals surface area contributed by atoms with Gasteiger partial charge in [0.15, 0.2) is 0 Å². The Hall–Kier alpha value is -2.41. The van der Waals surface area contributed by atoms with Crippen molar-refractivity contribution in [3.05, 3.63) is 55.6 Å². The fraction of sp³-hybridized carbons (Fsp3) is 0.353. The summed E-state index contributed by atoms with van der Waals surface area (Å²) in [5.74, 6) is -1.24. The van der Waals surface area contributed by atoms with Crippen molar-refractivity contribution in [1.29, 1.82) is 0 Å². The monoisotopic (exact) mass is 346 g/mol. The number of fused-ring (bicyclic) bond motifs is 1. The molecule has 7 heteroatoms. The highest BCUT2D eigenvalue weighted by molar-refractivity contribution is 7.09. The Morgan fingerprint density at radius 2 is 2.17 bits per heavy atom. The average molecular weight is 346 g/mol. The average Bonchev–Trinajstić information content (AvgIpc) is 3.05. The number of aromatic nitrogens is 1. The van der Waals surface area contributed by atoms with Gasteiger partial charge in [-0.2, -0.15) is 0 Å². The van der Waals surface area contributed by atoms with E-state index >= 15 is 0 Å². The number of pyridine rings is 1. The van der Waals surface area contributed by atoms with Crippen LogP contribution in [0.25, 0.3) is 0 Å². The predicted molar refractivity (Wildman–Crippen MR) is 90.5 cm³/mol. The molecule has 0 saturated heterocycles. The summed E-state index contributed by atoms with van der Waals surface area (Å²) in [4.78, 5) is 38.6. The molecule has 2 aromatic rings. The first kappa shape index (κ1) is 16.4. The number of hydrogen-bond donors (Lipinski definition) is 1. The second kappa shape index (κ2) is 6.60. The van der Waals surface area contributed by atoms with Crippen molar-refractivity contribution >= 4 is 23.2 Å². The lowest BCUT2D eigenvalue weighted by molar-refractivity contribution is -0.129. The van der Waals surface area contributed by atoms with E-state index in [2.05, 4.69) is 0 Å². The van der Waals surface area contributed by atoms with E-state index in [4.69, 9.17) is 0 Å². The third-order valence-electron chi connectivity index (χ3n) is 4.31. The molecule has 1 aliphatic rings. The van der Waals surface area contributed by atoms with Gasteiger partial charge in [-0.15, -0.1) is 11.3 Å². The van der Waals surface area contributed by atoms with Crippen LogP contribution in [0, 0.1) is 0 Å². The van der Waals surface area contributed by atoms with Crippen molar-refractivity contribution in [2.75, 3.05) is 6.54 Å². The normalized spacial score (nSPS) is 13.6. The fourth-order valence-electron chi connectivity index (χ4n) is 3.05. The summed E-state index contributed by atoms with van der Waals surface area (Å²) in [5.41, 5.74) is 0.702. The zero-order valence-corrected chi connectivity index (χ0v) is 14.1. The number of carboxylic acid groups (broad SMARTS) is 1. The summed E-state index contributed by atoms with van der Waals surface area (Å²) in [6, 6.07) is 3.94. The summed E-state index contributed by atoms with van der Waals surface area (Å²) in [7, 11) is 0. The molecule has 0 radical (unpaired) electrons. The smallest absolute Gasteiger partial charge is 0.341 e. The molecule has 1 N–H and O–H groups in total. The Morgan fingerprint density at radius 1 is 1.38 bits per heavy atom. The van der Waals surface area contributed by atoms with Crippen LogP contribution in [0.5, 0.6) is 0 Å². The molecule has 3 rings (SSSR count). The predicted octanol–water partition coefficient (Wildman–Crippen LogP) is 1.76. The van der Waals surface area contributed by atoms with Crippen LogP contribution in [0.3, 0.4) is 0 Å². The molecule has 0 saturated carbocycles. The minimum absolute atomic E-state index is 0.0474. The minimum atomic E-state index is -1.20. The lowest BCUT2D eigenvalue weighted by Gasteiger charge is -2.29. The lowest BCUT2D eigenvalue weighted by atomic mass is 9.96. The number of carboxylic acids is 1. The van der Waals surface area contributed by atoms with Gasteiger partial charge in [0.2, 0.25) is 5.91 Å². The Morgan fingerprint density at radius 3 is 2.79 bits per heavy atom. The number of aromatic carboxylic acids is 1. The fourth-order valence-corrected chi connectivity index (χ4v) is 3.75. The van der Waals surface area contributed by atoms with Gasteiger partial charge in [0.1, 0.15) is 5.56 Å². The SMILES string of the molecule is CC(=O)N1CCc2c(cn(CCc3cccs3)c(=O)c2C(=O)O)C1. The highest BCUT2D eigenvalue weighted by Gasteiger charge is 2.26. The number of hydrogen-bond acceptors (Lipinski definition) is 4. The van der Waals surface area contributed by atoms with E-state index in [-0.39, 0.29) is 11.5 Å². The molecule has 1 aliphatic heterocycles. The van der Waals surface area contributed by atoms with Crippen LogP contribution in [0.4, 0.5) is 0 Å². The Bertz CT molecular complexity index is 839. The summed E-state index contributed by atoms with van der Waals surface area (Å²) >= 11 is 1.61. The van der Waals surface area contributed by atoms with Gasteiger partial charge in [-0.05, 0) is 35.4 Å². The number of rotatable bonds is 4. The molecule has 0 aromatic carbocycles. The molecule has 0 unspecified atom stereocenters. The molecule has 24 heavy (non-hydrogen) atoms. The van der Waals surface area contributed by atoms with E-state index < -0.39 is 11.5 Å². The highest BCUT2D eigenvalue weighted by atomic mass is 32.1. The number of thiophene rings is 1. The zero-order valence-electron chi connectivity index (χ0n) is 13.3. The number of carbonyl (C=O) groups excluding carboxylic acids is 1. The van der Waals surface area contributed by atoms with Gasteiger partial charge in [0.05, 0.1) is 0 Å². The van der Waals surface area contributed by atoms with E-state index in [0.29, 0.717) is 38.0 Å². The van der Waals surface area contributed by atoms with Crippen LogP contribution in [-0.4, -0.2) is 33.0 Å². The van der Waals surface area contributed by atoms with E-state index in [1.54, 1.807) is 22.4 Å². The third-order valence-corrected chi connectivity index (χ3v) is 5.24. The Balaban J connectivity index is 1.99. The summed E-state index contributed by atoms with van der Waals surface area (Å²) in [6.45, 7) is 2.72. The van der Waals surface area contributed by atoms with Gasteiger partial charge in [0.25, 0.3) is 5.56 Å². The maximum Gasteiger partial charge on any atom is 0.341 e. The first-order valence-electron chi connectivity index (χ1n) is 7.73. The van der Waals surface area contributed by atoms with Crippen molar-refractivity contribution in [2.45, 2.75) is 32.9 Å². The number of amides is 1. The minimum Gasteiger partial charge on any atom is -0.477 e. The Labute approximate surface area is 143 Å². The van der Waals surface area contributed by atoms with Crippen LogP contribution >= 0.6 is 11.3 Å². The molecule has 0 atom stereocenters. The van der Waals surface area contributed by atoms with Crippen molar-refractivity contribution < 1.29 is 14.7 Å². The highest BCUT2D eigenvalue weighted by Crippen LogP contribution is 2.21. The van der Waals surface area contributed by atoms with E-state index in [0.717, 1.165) is 10.4 Å². The second-order valence-corrected chi connectivity index (χ2v) is 6.86. The summed E-state index contributed by atoms with van der Waals surface area (Å²) in [6.07, 6.45) is 2.79. The molecule has 0 aliphatic carbocycles. The van der Waals surface area contributed by atoms with E-state index in [1.165, 1.54) is 11.5 Å². The summed E-state index contributed by atoms with van der Waals surface area (Å²) in [5, 5.41) is 11.5. The number of carbonyl (C=O) groups is 2. The molecular weight excluding hydrogens is 328 g/mol. The first-order valence-corrected chi connectivity index (χ1v) is 8.61. The molecular formula is C17H18N2O4S. The number of nitrogens with zero attached hydrogens (tertiary/aromatic N) is 2. The molecule has 2 aromatic heterocycles. The maximum atomic E-state index is 12.6. The standard InChI is InChI=1S/C17H18N2O4S/c1-11(20)18-7-5-14-12(9-18)10-19(16(21)15(14)17(22)23)6-4-13-3-2-8-24-13/h2-3,8,10H,4-7,9H2,1H3,(H,22,23). The second-order valence-electron chi connectivity index (χ2n) is 5.83. The molecule has 0 fully saturated rings. The quantitative estimate of drug-likeness (QED) is 0.915. The van der Waals surface area contributed by atoms with Crippen LogP contribution in [-0.2, 0) is 30.7 Å². The van der Waals surface area contributed by atoms with E-state index in [9.17, 15) is 19.5 Å². The van der Waals surface area contributed by atoms with Crippen molar-refractivity contribution in [3.8, 4) is 0 Å². The molecule has 0 spiro atoms. The van der Waals surface area contributed by atoms with Gasteiger partial charge in [-0.1, -0.05) is 6.07 Å². The first-order chi connectivity index (χ1) is 11.5. The van der Waals surface area contributed by atoms with Crippen molar-refractivity contribution in [2.24, 2.45) is 0 Å². The molecule has 1 amide bonds.